The lowest BCUT2D eigenvalue weighted by Crippen LogP contribution is -2.46. The van der Waals surface area contributed by atoms with Crippen LogP contribution >= 0.6 is 11.8 Å². The number of esters is 1. The van der Waals surface area contributed by atoms with Crippen LogP contribution in [0.5, 0.6) is 5.75 Å². The molecular weight excluding hydrogens is 430 g/mol. The van der Waals surface area contributed by atoms with Crippen LogP contribution in [0.15, 0.2) is 36.4 Å². The van der Waals surface area contributed by atoms with E-state index in [0.29, 0.717) is 17.8 Å². The summed E-state index contributed by atoms with van der Waals surface area (Å²) in [6.07, 6.45) is 0. The zero-order valence-corrected chi connectivity index (χ0v) is 17.8. The molecule has 0 aromatic heterocycles. The molecule has 0 bridgehead atoms. The number of thioether (sulfide) groups is 1. The summed E-state index contributed by atoms with van der Waals surface area (Å²) in [6, 6.07) is 6.13. The molecule has 7 nitrogen and oxygen atoms in total. The third-order valence-corrected chi connectivity index (χ3v) is 5.00. The van der Waals surface area contributed by atoms with Gasteiger partial charge >= 0.3 is 5.97 Å². The van der Waals surface area contributed by atoms with Gasteiger partial charge < -0.3 is 15.4 Å². The standard InChI is InChI=1S/C21H20F2N2O5S/c1-11(26)25-18(20(28)24-3)10-31-21(29)16-8-13(4-7-19(16)30-12(2)27)15-6-5-14(22)9-17(15)23/h4-9,18H,10H2,1-3H3,(H,24,28)(H,25,26)/t18-/m1/s1. The van der Waals surface area contributed by atoms with Crippen LogP contribution in [0.1, 0.15) is 24.2 Å². The molecule has 10 heteroatoms. The summed E-state index contributed by atoms with van der Waals surface area (Å²) in [5.74, 6) is -3.31. The van der Waals surface area contributed by atoms with Gasteiger partial charge in [0.1, 0.15) is 23.4 Å². The normalized spacial score (nSPS) is 11.4. The van der Waals surface area contributed by atoms with E-state index in [9.17, 15) is 28.0 Å². The molecular formula is C21H20F2N2O5S. The predicted octanol–water partition coefficient (Wildman–Crippen LogP) is 2.68. The molecule has 0 fully saturated rings. The van der Waals surface area contributed by atoms with Crippen molar-refractivity contribution in [2.45, 2.75) is 19.9 Å². The molecule has 31 heavy (non-hydrogen) atoms. The van der Waals surface area contributed by atoms with Crippen molar-refractivity contribution in [3.05, 3.63) is 53.6 Å². The van der Waals surface area contributed by atoms with Gasteiger partial charge in [-0.05, 0) is 29.8 Å². The molecule has 2 aromatic carbocycles. The molecule has 0 saturated carbocycles. The van der Waals surface area contributed by atoms with Crippen molar-refractivity contribution in [1.29, 1.82) is 0 Å². The number of hydrogen-bond donors (Lipinski definition) is 2. The average Bonchev–Trinajstić information content (AvgIpc) is 2.70. The van der Waals surface area contributed by atoms with Gasteiger partial charge in [-0.25, -0.2) is 8.78 Å². The Kier molecular flexibility index (Phi) is 8.26. The van der Waals surface area contributed by atoms with Crippen molar-refractivity contribution in [3.8, 4) is 16.9 Å². The minimum Gasteiger partial charge on any atom is -0.426 e. The lowest BCUT2D eigenvalue weighted by molar-refractivity contribution is -0.132. The Morgan fingerprint density at radius 3 is 2.35 bits per heavy atom. The van der Waals surface area contributed by atoms with Crippen LogP contribution in [0.4, 0.5) is 8.78 Å². The molecule has 0 aliphatic carbocycles. The molecule has 164 valence electrons. The fourth-order valence-electron chi connectivity index (χ4n) is 2.66. The van der Waals surface area contributed by atoms with Gasteiger partial charge in [0.25, 0.3) is 0 Å². The Labute approximate surface area is 181 Å². The first-order chi connectivity index (χ1) is 14.6. The molecule has 2 amide bonds. The van der Waals surface area contributed by atoms with Crippen molar-refractivity contribution < 1.29 is 32.7 Å². The van der Waals surface area contributed by atoms with Crippen LogP contribution in [-0.2, 0) is 14.4 Å². The van der Waals surface area contributed by atoms with E-state index in [1.165, 1.54) is 38.2 Å². The fraction of sp³-hybridized carbons (Fsp3) is 0.238. The largest absolute Gasteiger partial charge is 0.426 e. The molecule has 0 saturated heterocycles. The van der Waals surface area contributed by atoms with Crippen molar-refractivity contribution in [3.63, 3.8) is 0 Å². The second-order valence-corrected chi connectivity index (χ2v) is 7.39. The van der Waals surface area contributed by atoms with E-state index in [-0.39, 0.29) is 28.2 Å². The molecule has 0 unspecified atom stereocenters. The fourth-order valence-corrected chi connectivity index (χ4v) is 3.53. The van der Waals surface area contributed by atoms with Gasteiger partial charge in [0, 0.05) is 38.3 Å². The Morgan fingerprint density at radius 1 is 1.06 bits per heavy atom. The highest BCUT2D eigenvalue weighted by atomic mass is 32.2. The number of rotatable bonds is 7. The molecule has 0 spiro atoms. The number of halogens is 2. The molecule has 2 N–H and O–H groups in total. The van der Waals surface area contributed by atoms with E-state index in [2.05, 4.69) is 10.6 Å². The van der Waals surface area contributed by atoms with Crippen molar-refractivity contribution >= 4 is 34.7 Å². The summed E-state index contributed by atoms with van der Waals surface area (Å²) in [6.45, 7) is 2.40. The second kappa shape index (κ2) is 10.7. The number of benzene rings is 2. The number of ether oxygens (including phenoxy) is 1. The van der Waals surface area contributed by atoms with Crippen LogP contribution in [0.3, 0.4) is 0 Å². The van der Waals surface area contributed by atoms with Gasteiger partial charge in [0.05, 0.1) is 5.56 Å². The van der Waals surface area contributed by atoms with Gasteiger partial charge in [-0.1, -0.05) is 17.8 Å². The first kappa shape index (κ1) is 24.0. The molecule has 0 radical (unpaired) electrons. The van der Waals surface area contributed by atoms with E-state index in [0.717, 1.165) is 13.0 Å². The molecule has 1 atom stereocenters. The van der Waals surface area contributed by atoms with E-state index in [1.54, 1.807) is 0 Å². The SMILES string of the molecule is CNC(=O)[C@@H](CSC(=O)c1cc(-c2ccc(F)cc2F)ccc1OC(C)=O)NC(C)=O. The monoisotopic (exact) mass is 450 g/mol. The lowest BCUT2D eigenvalue weighted by Gasteiger charge is -2.16. The number of amides is 2. The summed E-state index contributed by atoms with van der Waals surface area (Å²) in [4.78, 5) is 47.5. The Hall–Kier alpha value is -3.27. The number of nitrogens with one attached hydrogen (secondary N) is 2. The summed E-state index contributed by atoms with van der Waals surface area (Å²) in [5.41, 5.74) is 0.276. The number of carbonyl (C=O) groups excluding carboxylic acids is 4. The predicted molar refractivity (Wildman–Crippen MR) is 112 cm³/mol. The van der Waals surface area contributed by atoms with E-state index in [4.69, 9.17) is 4.74 Å². The maximum Gasteiger partial charge on any atom is 0.308 e. The zero-order valence-electron chi connectivity index (χ0n) is 17.0. The Morgan fingerprint density at radius 2 is 1.77 bits per heavy atom. The Balaban J connectivity index is 2.36. The summed E-state index contributed by atoms with van der Waals surface area (Å²) in [7, 11) is 1.39. The molecule has 2 aromatic rings. The number of carbonyl (C=O) groups is 4. The third-order valence-electron chi connectivity index (χ3n) is 4.02. The van der Waals surface area contributed by atoms with Crippen LogP contribution in [0, 0.1) is 11.6 Å². The molecule has 2 rings (SSSR count). The van der Waals surface area contributed by atoms with Gasteiger partial charge in [-0.3, -0.25) is 19.2 Å². The van der Waals surface area contributed by atoms with Crippen LogP contribution < -0.4 is 15.4 Å². The summed E-state index contributed by atoms with van der Waals surface area (Å²) in [5, 5.41) is 4.26. The molecule has 0 aliphatic rings. The van der Waals surface area contributed by atoms with E-state index < -0.39 is 40.6 Å². The van der Waals surface area contributed by atoms with Crippen molar-refractivity contribution in [2.24, 2.45) is 0 Å². The maximum absolute atomic E-state index is 14.2. The number of likely N-dealkylation sites (N-methyl/N-ethyl adjacent to an activating group) is 1. The van der Waals surface area contributed by atoms with Crippen molar-refractivity contribution in [1.82, 2.24) is 10.6 Å². The van der Waals surface area contributed by atoms with Gasteiger partial charge in [0.2, 0.25) is 16.9 Å². The van der Waals surface area contributed by atoms with Crippen molar-refractivity contribution in [2.75, 3.05) is 12.8 Å². The minimum atomic E-state index is -0.966. The first-order valence-electron chi connectivity index (χ1n) is 9.06. The van der Waals surface area contributed by atoms with Crippen LogP contribution in [0.2, 0.25) is 0 Å². The van der Waals surface area contributed by atoms with Crippen LogP contribution in [0.25, 0.3) is 11.1 Å². The number of hydrogen-bond acceptors (Lipinski definition) is 6. The van der Waals surface area contributed by atoms with Gasteiger partial charge in [0.15, 0.2) is 0 Å². The highest BCUT2D eigenvalue weighted by molar-refractivity contribution is 8.14. The van der Waals surface area contributed by atoms with Crippen LogP contribution in [-0.4, -0.2) is 41.7 Å². The van der Waals surface area contributed by atoms with E-state index in [1.807, 2.05) is 0 Å². The zero-order chi connectivity index (χ0) is 23.1. The van der Waals surface area contributed by atoms with Gasteiger partial charge in [-0.15, -0.1) is 0 Å². The summed E-state index contributed by atoms with van der Waals surface area (Å²) >= 11 is 0.716. The highest BCUT2D eigenvalue weighted by Crippen LogP contribution is 2.31. The van der Waals surface area contributed by atoms with E-state index >= 15 is 0 Å². The molecule has 0 heterocycles. The quantitative estimate of drug-likeness (QED) is 0.497. The lowest BCUT2D eigenvalue weighted by atomic mass is 10.0. The smallest absolute Gasteiger partial charge is 0.308 e. The third kappa shape index (κ3) is 6.61. The second-order valence-electron chi connectivity index (χ2n) is 6.39. The first-order valence-corrected chi connectivity index (χ1v) is 10.0. The highest BCUT2D eigenvalue weighted by Gasteiger charge is 2.23. The average molecular weight is 450 g/mol. The molecule has 0 aliphatic heterocycles. The maximum atomic E-state index is 14.2. The topological polar surface area (TPSA) is 102 Å². The van der Waals surface area contributed by atoms with Gasteiger partial charge in [-0.2, -0.15) is 0 Å². The Bertz CT molecular complexity index is 1030. The minimum absolute atomic E-state index is 0.0418. The summed E-state index contributed by atoms with van der Waals surface area (Å²) < 4.78 is 32.5.